The topological polar surface area (TPSA) is 396 Å². The predicted molar refractivity (Wildman–Crippen MR) is 133 cm³/mol. The Morgan fingerprint density at radius 1 is 0.385 bits per heavy atom. The fraction of sp³-hybridized carbons (Fsp3) is 0.591. The summed E-state index contributed by atoms with van der Waals surface area (Å²) in [4.78, 5) is 91.5. The largest absolute Gasteiger partial charge is 0.481 e. The highest BCUT2D eigenvalue weighted by Gasteiger charge is 2.76. The van der Waals surface area contributed by atoms with Crippen LogP contribution in [0.4, 0.5) is 39.5 Å². The van der Waals surface area contributed by atoms with Gasteiger partial charge >= 0.3 is 78.2 Å². The van der Waals surface area contributed by atoms with Gasteiger partial charge in [-0.15, -0.1) is 0 Å². The third-order valence-corrected chi connectivity index (χ3v) is 4.91. The molecule has 0 rings (SSSR count). The van der Waals surface area contributed by atoms with Gasteiger partial charge in [0.25, 0.3) is 0 Å². The van der Waals surface area contributed by atoms with Crippen molar-refractivity contribution in [2.24, 2.45) is 0 Å². The molecular formula is C22H25F9O21. The zero-order valence-corrected chi connectivity index (χ0v) is 24.8. The van der Waals surface area contributed by atoms with Crippen LogP contribution in [0.5, 0.6) is 0 Å². The second-order valence-corrected chi connectivity index (χ2v) is 9.43. The zero-order chi connectivity index (χ0) is 43.0. The zero-order valence-electron chi connectivity index (χ0n) is 24.8. The standard InChI is InChI=1S/3C6H8O7.C4HF9/c3*7-3(8)1-6(13,5(11)12)2-4(9)10;5-1(6)2(7,8)3(9,10)4(11,12)13/h3*13H,1-2H2,(H,7,8)(H,9,10)(H,11,12);1H. The first-order chi connectivity index (χ1) is 22.8. The molecule has 0 aromatic carbocycles. The van der Waals surface area contributed by atoms with Crippen molar-refractivity contribution in [3.63, 3.8) is 0 Å². The number of aliphatic hydroxyl groups is 3. The average molecular weight is 796 g/mol. The highest BCUT2D eigenvalue weighted by molar-refractivity contribution is 5.89. The molecule has 0 amide bonds. The molecule has 0 bridgehead atoms. The van der Waals surface area contributed by atoms with Crippen LogP contribution in [0.15, 0.2) is 0 Å². The van der Waals surface area contributed by atoms with Crippen molar-refractivity contribution in [2.75, 3.05) is 0 Å². The van der Waals surface area contributed by atoms with E-state index in [-0.39, 0.29) is 0 Å². The van der Waals surface area contributed by atoms with Gasteiger partial charge in [0, 0.05) is 0 Å². The van der Waals surface area contributed by atoms with Crippen LogP contribution in [0.1, 0.15) is 38.5 Å². The Morgan fingerprint density at radius 3 is 0.596 bits per heavy atom. The van der Waals surface area contributed by atoms with Crippen molar-refractivity contribution in [1.29, 1.82) is 0 Å². The van der Waals surface area contributed by atoms with E-state index in [4.69, 9.17) is 61.3 Å². The van der Waals surface area contributed by atoms with Gasteiger partial charge in [0.1, 0.15) is 0 Å². The molecule has 30 heteroatoms. The first kappa shape index (κ1) is 53.3. The van der Waals surface area contributed by atoms with Crippen LogP contribution < -0.4 is 0 Å². The Morgan fingerprint density at radius 2 is 0.538 bits per heavy atom. The summed E-state index contributed by atoms with van der Waals surface area (Å²) < 4.78 is 102. The highest BCUT2D eigenvalue weighted by atomic mass is 19.4. The molecule has 12 N–H and O–H groups in total. The van der Waals surface area contributed by atoms with Crippen LogP contribution in [0.2, 0.25) is 0 Å². The molecule has 0 unspecified atom stereocenters. The van der Waals surface area contributed by atoms with Crippen molar-refractivity contribution in [3.8, 4) is 0 Å². The summed E-state index contributed by atoms with van der Waals surface area (Å²) in [6.45, 7) is 0. The van der Waals surface area contributed by atoms with Gasteiger partial charge in [-0.3, -0.25) is 28.8 Å². The Balaban J connectivity index is -0.000000295. The number of rotatable bonds is 17. The van der Waals surface area contributed by atoms with Crippen LogP contribution in [-0.2, 0) is 43.2 Å². The molecule has 0 spiro atoms. The third-order valence-electron chi connectivity index (χ3n) is 4.91. The molecule has 0 aliphatic rings. The lowest BCUT2D eigenvalue weighted by Gasteiger charge is -2.27. The minimum atomic E-state index is -6.73. The van der Waals surface area contributed by atoms with Gasteiger partial charge in [-0.2, -0.15) is 30.7 Å². The molecule has 302 valence electrons. The third kappa shape index (κ3) is 19.0. The quantitative estimate of drug-likeness (QED) is 0.0813. The molecule has 52 heavy (non-hydrogen) atoms. The van der Waals surface area contributed by atoms with E-state index >= 15 is 0 Å². The van der Waals surface area contributed by atoms with Crippen LogP contribution >= 0.6 is 0 Å². The molecular weight excluding hydrogens is 771 g/mol. The molecule has 0 aliphatic carbocycles. The first-order valence-corrected chi connectivity index (χ1v) is 12.1. The number of halogens is 9. The van der Waals surface area contributed by atoms with Gasteiger partial charge in [0.2, 0.25) is 0 Å². The Bertz CT molecular complexity index is 1160. The van der Waals surface area contributed by atoms with Crippen molar-refractivity contribution in [2.45, 2.75) is 79.8 Å². The van der Waals surface area contributed by atoms with E-state index in [2.05, 4.69) is 0 Å². The summed E-state index contributed by atoms with van der Waals surface area (Å²) in [5.74, 6) is -28.2. The fourth-order valence-corrected chi connectivity index (χ4v) is 2.47. The van der Waals surface area contributed by atoms with Crippen LogP contribution in [-0.4, -0.2) is 156 Å². The minimum Gasteiger partial charge on any atom is -0.481 e. The van der Waals surface area contributed by atoms with Crippen LogP contribution in [0, 0.1) is 0 Å². The molecule has 0 aromatic rings. The maximum absolute atomic E-state index is 11.6. The van der Waals surface area contributed by atoms with Gasteiger partial charge < -0.3 is 61.3 Å². The van der Waals surface area contributed by atoms with Gasteiger partial charge in [0.05, 0.1) is 38.5 Å². The van der Waals surface area contributed by atoms with Gasteiger partial charge in [0.15, 0.2) is 16.8 Å². The molecule has 0 fully saturated rings. The summed E-state index contributed by atoms with van der Waals surface area (Å²) in [6, 6.07) is 0. The number of alkyl halides is 9. The molecule has 0 aliphatic heterocycles. The summed E-state index contributed by atoms with van der Waals surface area (Å²) in [6.07, 6.45) is -18.6. The Labute approximate surface area is 278 Å². The lowest BCUT2D eigenvalue weighted by Crippen LogP contribution is -2.55. The maximum atomic E-state index is 11.6. The average Bonchev–Trinajstić information content (AvgIpc) is 2.85. The summed E-state index contributed by atoms with van der Waals surface area (Å²) >= 11 is 0. The molecule has 0 radical (unpaired) electrons. The Hall–Kier alpha value is -5.52. The summed E-state index contributed by atoms with van der Waals surface area (Å²) in [5.41, 5.74) is -8.22. The van der Waals surface area contributed by atoms with Gasteiger partial charge in [-0.1, -0.05) is 0 Å². The van der Waals surface area contributed by atoms with Crippen molar-refractivity contribution < 1.29 is 144 Å². The molecule has 0 atom stereocenters. The van der Waals surface area contributed by atoms with Gasteiger partial charge in [-0.05, 0) is 0 Å². The molecule has 0 aromatic heterocycles. The van der Waals surface area contributed by atoms with E-state index in [1.807, 2.05) is 0 Å². The number of aliphatic carboxylic acids is 9. The monoisotopic (exact) mass is 796 g/mol. The first-order valence-electron chi connectivity index (χ1n) is 12.1. The minimum absolute atomic E-state index is 1.14. The number of carboxylic acids is 9. The molecule has 21 nitrogen and oxygen atoms in total. The lowest BCUT2D eigenvalue weighted by atomic mass is 9.96. The fourth-order valence-electron chi connectivity index (χ4n) is 2.47. The van der Waals surface area contributed by atoms with E-state index in [1.54, 1.807) is 0 Å². The van der Waals surface area contributed by atoms with E-state index in [1.165, 1.54) is 0 Å². The maximum Gasteiger partial charge on any atom is 0.460 e. The second-order valence-electron chi connectivity index (χ2n) is 9.43. The molecule has 0 saturated heterocycles. The number of carboxylic acid groups (broad SMARTS) is 9. The van der Waals surface area contributed by atoms with E-state index in [0.29, 0.717) is 0 Å². The SMILES string of the molecule is FC(F)C(F)(F)C(F)(F)C(F)(F)F.O=C(O)CC(O)(CC(=O)O)C(=O)O.O=C(O)CC(O)(CC(=O)O)C(=O)O.O=C(O)CC(O)(CC(=O)O)C(=O)O. The smallest absolute Gasteiger partial charge is 0.460 e. The van der Waals surface area contributed by atoms with E-state index < -0.39 is 133 Å². The number of hydrogen-bond donors (Lipinski definition) is 12. The van der Waals surface area contributed by atoms with Crippen LogP contribution in [0.3, 0.4) is 0 Å². The van der Waals surface area contributed by atoms with Crippen LogP contribution in [0.25, 0.3) is 0 Å². The lowest BCUT2D eigenvalue weighted by molar-refractivity contribution is -0.375. The summed E-state index contributed by atoms with van der Waals surface area (Å²) in [5, 5.41) is 101. The van der Waals surface area contributed by atoms with E-state index in [9.17, 15) is 82.7 Å². The van der Waals surface area contributed by atoms with E-state index in [0.717, 1.165) is 0 Å². The predicted octanol–water partition coefficient (Wildman–Crippen LogP) is -0.661. The normalized spacial score (nSPS) is 11.9. The van der Waals surface area contributed by atoms with Crippen molar-refractivity contribution in [1.82, 2.24) is 0 Å². The van der Waals surface area contributed by atoms with Crippen molar-refractivity contribution >= 4 is 53.7 Å². The van der Waals surface area contributed by atoms with Crippen molar-refractivity contribution in [3.05, 3.63) is 0 Å². The molecule has 0 saturated carbocycles. The van der Waals surface area contributed by atoms with Gasteiger partial charge in [-0.25, -0.2) is 23.2 Å². The summed E-state index contributed by atoms with van der Waals surface area (Å²) in [7, 11) is 0. The Kier molecular flexibility index (Phi) is 20.9. The number of hydrogen-bond acceptors (Lipinski definition) is 12. The number of carbonyl (C=O) groups is 9. The second kappa shape index (κ2) is 20.4. The molecule has 0 heterocycles. The highest BCUT2D eigenvalue weighted by Crippen LogP contribution is 2.48.